The minimum atomic E-state index is -0.527. The average Bonchev–Trinajstić information content (AvgIpc) is 3.46. The van der Waals surface area contributed by atoms with Crippen LogP contribution in [0.2, 0.25) is 0 Å². The van der Waals surface area contributed by atoms with Crippen molar-refractivity contribution in [1.82, 2.24) is 14.9 Å². The van der Waals surface area contributed by atoms with Crippen LogP contribution in [0.25, 0.3) is 10.6 Å². The average molecular weight is 438 g/mol. The Labute approximate surface area is 191 Å². The fourth-order valence-electron chi connectivity index (χ4n) is 3.86. The molecule has 0 bridgehead atoms. The van der Waals surface area contributed by atoms with Crippen LogP contribution in [0.15, 0.2) is 72.9 Å². The van der Waals surface area contributed by atoms with E-state index in [1.54, 1.807) is 13.1 Å². The SMILES string of the molecule is CC(O)c1cccc([B]c2nccc(-c3ccc(C(=O)N4Cc5ccccc5C4)s3)n2)c1. The van der Waals surface area contributed by atoms with Crippen molar-refractivity contribution in [2.75, 3.05) is 0 Å². The predicted molar refractivity (Wildman–Crippen MR) is 127 cm³/mol. The van der Waals surface area contributed by atoms with E-state index in [0.717, 1.165) is 21.6 Å². The number of carbonyl (C=O) groups is 1. The molecule has 5 nitrogen and oxygen atoms in total. The molecule has 1 N–H and O–H groups in total. The van der Waals surface area contributed by atoms with Gasteiger partial charge in [-0.25, -0.2) is 4.98 Å². The maximum absolute atomic E-state index is 13.0. The molecular weight excluding hydrogens is 417 g/mol. The smallest absolute Gasteiger partial charge is 0.264 e. The number of rotatable bonds is 5. The molecular formula is C25H21BN3O2S. The quantitative estimate of drug-likeness (QED) is 0.487. The highest BCUT2D eigenvalue weighted by atomic mass is 32.1. The Morgan fingerprint density at radius 1 is 1.06 bits per heavy atom. The van der Waals surface area contributed by atoms with Crippen LogP contribution in [0, 0.1) is 0 Å². The first-order valence-electron chi connectivity index (χ1n) is 10.5. The van der Waals surface area contributed by atoms with Gasteiger partial charge in [-0.05, 0) is 41.8 Å². The van der Waals surface area contributed by atoms with E-state index >= 15 is 0 Å². The summed E-state index contributed by atoms with van der Waals surface area (Å²) in [6, 6.07) is 21.6. The van der Waals surface area contributed by atoms with E-state index < -0.39 is 6.10 Å². The van der Waals surface area contributed by atoms with E-state index in [0.29, 0.717) is 23.7 Å². The number of nitrogens with zero attached hydrogens (tertiary/aromatic N) is 3. The van der Waals surface area contributed by atoms with Crippen molar-refractivity contribution in [3.8, 4) is 10.6 Å². The summed E-state index contributed by atoms with van der Waals surface area (Å²) in [5, 5.41) is 9.81. The van der Waals surface area contributed by atoms with Gasteiger partial charge in [-0.1, -0.05) is 54.0 Å². The first-order valence-corrected chi connectivity index (χ1v) is 11.3. The summed E-state index contributed by atoms with van der Waals surface area (Å²) < 4.78 is 0. The number of carbonyl (C=O) groups excluding carboxylic acids is 1. The van der Waals surface area contributed by atoms with Crippen LogP contribution in [-0.4, -0.2) is 33.2 Å². The second kappa shape index (κ2) is 8.69. The molecule has 2 aromatic carbocycles. The number of aromatic nitrogens is 2. The van der Waals surface area contributed by atoms with E-state index in [-0.39, 0.29) is 5.91 Å². The molecule has 4 aromatic rings. The summed E-state index contributed by atoms with van der Waals surface area (Å²) in [7, 11) is 1.89. The summed E-state index contributed by atoms with van der Waals surface area (Å²) in [6.07, 6.45) is 1.20. The molecule has 2 aromatic heterocycles. The van der Waals surface area contributed by atoms with Crippen molar-refractivity contribution in [2.24, 2.45) is 0 Å². The largest absolute Gasteiger partial charge is 0.389 e. The van der Waals surface area contributed by atoms with Gasteiger partial charge in [-0.3, -0.25) is 9.78 Å². The van der Waals surface area contributed by atoms with Gasteiger partial charge in [0, 0.05) is 19.3 Å². The molecule has 157 valence electrons. The third-order valence-electron chi connectivity index (χ3n) is 5.56. The number of amides is 1. The van der Waals surface area contributed by atoms with Gasteiger partial charge in [0.05, 0.1) is 27.3 Å². The molecule has 1 aliphatic rings. The summed E-state index contributed by atoms with van der Waals surface area (Å²) in [5.41, 5.74) is 5.58. The molecule has 1 amide bonds. The van der Waals surface area contributed by atoms with Gasteiger partial charge in [0.1, 0.15) is 0 Å². The predicted octanol–water partition coefficient (Wildman–Crippen LogP) is 3.07. The third kappa shape index (κ3) is 4.22. The second-order valence-electron chi connectivity index (χ2n) is 7.88. The molecule has 0 saturated carbocycles. The highest BCUT2D eigenvalue weighted by Crippen LogP contribution is 2.30. The third-order valence-corrected chi connectivity index (χ3v) is 6.66. The lowest BCUT2D eigenvalue weighted by Gasteiger charge is -2.13. The van der Waals surface area contributed by atoms with Crippen LogP contribution < -0.4 is 11.2 Å². The molecule has 1 aliphatic heterocycles. The standard InChI is InChI=1S/C25H21BN3O2S/c1-16(30)17-7-4-8-20(13-17)26-25-27-12-11-21(28-25)22-9-10-23(32-22)24(31)29-14-18-5-2-3-6-19(18)15-29/h2-13,16,30H,14-15H2,1H3. The number of hydrogen-bond donors (Lipinski definition) is 1. The first kappa shape index (κ1) is 20.6. The first-order chi connectivity index (χ1) is 15.6. The molecule has 0 spiro atoms. The van der Waals surface area contributed by atoms with Gasteiger partial charge in [-0.15, -0.1) is 11.3 Å². The van der Waals surface area contributed by atoms with Gasteiger partial charge in [0.25, 0.3) is 5.91 Å². The van der Waals surface area contributed by atoms with Crippen molar-refractivity contribution < 1.29 is 9.90 Å². The van der Waals surface area contributed by atoms with Crippen LogP contribution in [0.5, 0.6) is 0 Å². The molecule has 0 fully saturated rings. The molecule has 7 heteroatoms. The molecule has 1 unspecified atom stereocenters. The van der Waals surface area contributed by atoms with Crippen LogP contribution in [0.4, 0.5) is 0 Å². The summed E-state index contributed by atoms with van der Waals surface area (Å²) >= 11 is 1.45. The Morgan fingerprint density at radius 3 is 2.59 bits per heavy atom. The minimum Gasteiger partial charge on any atom is -0.389 e. The van der Waals surface area contributed by atoms with Crippen molar-refractivity contribution >= 4 is 35.7 Å². The lowest BCUT2D eigenvalue weighted by Crippen LogP contribution is -2.32. The fourth-order valence-corrected chi connectivity index (χ4v) is 4.81. The Morgan fingerprint density at radius 2 is 1.84 bits per heavy atom. The van der Waals surface area contributed by atoms with Crippen molar-refractivity contribution in [1.29, 1.82) is 0 Å². The normalized spacial score (nSPS) is 13.6. The van der Waals surface area contributed by atoms with Crippen molar-refractivity contribution in [3.05, 3.63) is 94.5 Å². The molecule has 0 aliphatic carbocycles. The van der Waals surface area contributed by atoms with Gasteiger partial charge < -0.3 is 10.0 Å². The Hall–Kier alpha value is -3.29. The molecule has 0 saturated heterocycles. The van der Waals surface area contributed by atoms with E-state index in [1.807, 2.05) is 66.8 Å². The minimum absolute atomic E-state index is 0.0493. The summed E-state index contributed by atoms with van der Waals surface area (Å²) in [4.78, 5) is 25.6. The summed E-state index contributed by atoms with van der Waals surface area (Å²) in [5.74, 6) is 0.0493. The zero-order valence-electron chi connectivity index (χ0n) is 17.6. The summed E-state index contributed by atoms with van der Waals surface area (Å²) in [6.45, 7) is 3.05. The number of aliphatic hydroxyl groups is 1. The zero-order chi connectivity index (χ0) is 22.1. The van der Waals surface area contributed by atoms with Crippen LogP contribution in [0.3, 0.4) is 0 Å². The zero-order valence-corrected chi connectivity index (χ0v) is 18.4. The maximum Gasteiger partial charge on any atom is 0.264 e. The Kier molecular flexibility index (Phi) is 5.60. The molecule has 1 radical (unpaired) electrons. The van der Waals surface area contributed by atoms with Crippen LogP contribution >= 0.6 is 11.3 Å². The highest BCUT2D eigenvalue weighted by molar-refractivity contribution is 7.17. The van der Waals surface area contributed by atoms with E-state index in [2.05, 4.69) is 22.1 Å². The number of fused-ring (bicyclic) bond motifs is 1. The lowest BCUT2D eigenvalue weighted by atomic mass is 9.69. The van der Waals surface area contributed by atoms with Crippen molar-refractivity contribution in [2.45, 2.75) is 26.1 Å². The Balaban J connectivity index is 1.32. The van der Waals surface area contributed by atoms with Gasteiger partial charge >= 0.3 is 0 Å². The molecule has 1 atom stereocenters. The van der Waals surface area contributed by atoms with Gasteiger partial charge in [0.2, 0.25) is 7.28 Å². The fraction of sp³-hybridized carbons (Fsp3) is 0.160. The lowest BCUT2D eigenvalue weighted by molar-refractivity contribution is 0.0756. The number of thiophene rings is 1. The number of hydrogen-bond acceptors (Lipinski definition) is 5. The topological polar surface area (TPSA) is 66.3 Å². The van der Waals surface area contributed by atoms with Crippen LogP contribution in [-0.2, 0) is 13.1 Å². The van der Waals surface area contributed by atoms with E-state index in [4.69, 9.17) is 0 Å². The van der Waals surface area contributed by atoms with Crippen LogP contribution in [0.1, 0.15) is 39.4 Å². The molecule has 32 heavy (non-hydrogen) atoms. The molecule has 5 rings (SSSR count). The van der Waals surface area contributed by atoms with E-state index in [1.165, 1.54) is 22.5 Å². The second-order valence-corrected chi connectivity index (χ2v) is 8.97. The van der Waals surface area contributed by atoms with Crippen molar-refractivity contribution in [3.63, 3.8) is 0 Å². The highest BCUT2D eigenvalue weighted by Gasteiger charge is 2.25. The molecule has 3 heterocycles. The number of aliphatic hydroxyl groups excluding tert-OH is 1. The monoisotopic (exact) mass is 438 g/mol. The number of benzene rings is 2. The Bertz CT molecular complexity index is 1260. The maximum atomic E-state index is 13.0. The van der Waals surface area contributed by atoms with Gasteiger partial charge in [-0.2, -0.15) is 0 Å². The van der Waals surface area contributed by atoms with Gasteiger partial charge in [0.15, 0.2) is 0 Å². The van der Waals surface area contributed by atoms with E-state index in [9.17, 15) is 9.90 Å².